The van der Waals surface area contributed by atoms with E-state index in [0.717, 1.165) is 23.2 Å². The van der Waals surface area contributed by atoms with Gasteiger partial charge >= 0.3 is 5.97 Å². The predicted molar refractivity (Wildman–Crippen MR) is 78.9 cm³/mol. The number of aromatic carboxylic acids is 1. The minimum Gasteiger partial charge on any atom is -0.478 e. The second-order valence-electron chi connectivity index (χ2n) is 5.38. The first-order valence-electron chi connectivity index (χ1n) is 6.94. The zero-order valence-electron chi connectivity index (χ0n) is 11.6. The summed E-state index contributed by atoms with van der Waals surface area (Å²) in [7, 11) is 0. The summed E-state index contributed by atoms with van der Waals surface area (Å²) in [5.41, 5.74) is 3.40. The summed E-state index contributed by atoms with van der Waals surface area (Å²) in [6.45, 7) is 1.97. The van der Waals surface area contributed by atoms with Gasteiger partial charge in [-0.2, -0.15) is 0 Å². The van der Waals surface area contributed by atoms with Crippen molar-refractivity contribution in [2.75, 3.05) is 6.54 Å². The third-order valence-corrected chi connectivity index (χ3v) is 3.86. The fourth-order valence-corrected chi connectivity index (χ4v) is 2.75. The number of aliphatic hydroxyl groups excluding tert-OH is 1. The first-order chi connectivity index (χ1) is 10.1. The van der Waals surface area contributed by atoms with Crippen molar-refractivity contribution in [1.29, 1.82) is 0 Å². The van der Waals surface area contributed by atoms with Gasteiger partial charge < -0.3 is 10.2 Å². The van der Waals surface area contributed by atoms with Crippen LogP contribution in [0, 0.1) is 0 Å². The number of fused-ring (bicyclic) bond motifs is 1. The highest BCUT2D eigenvalue weighted by Gasteiger charge is 2.22. The van der Waals surface area contributed by atoms with Gasteiger partial charge in [-0.1, -0.05) is 36.4 Å². The lowest BCUT2D eigenvalue weighted by Gasteiger charge is -2.19. The number of β-amino-alcohol motifs (C(OH)–C–C–N with tert-alkyl or cyclic N) is 1. The van der Waals surface area contributed by atoms with Crippen LogP contribution in [-0.2, 0) is 13.1 Å². The van der Waals surface area contributed by atoms with Crippen LogP contribution in [0.3, 0.4) is 0 Å². The maximum absolute atomic E-state index is 11.0. The first kappa shape index (κ1) is 13.8. The standard InChI is InChI=1S/C17H17NO3/c19-16(12-4-2-1-3-5-12)11-18-9-14-7-6-13(17(20)21)8-15(14)10-18/h1-8,16,19H,9-11H2,(H,20,21). The van der Waals surface area contributed by atoms with Gasteiger partial charge in [0.05, 0.1) is 11.7 Å². The predicted octanol–water partition coefficient (Wildman–Crippen LogP) is 2.43. The Labute approximate surface area is 123 Å². The molecule has 1 aliphatic heterocycles. The van der Waals surface area contributed by atoms with Gasteiger partial charge in [0, 0.05) is 19.6 Å². The highest BCUT2D eigenvalue weighted by atomic mass is 16.4. The van der Waals surface area contributed by atoms with Gasteiger partial charge in [0.25, 0.3) is 0 Å². The summed E-state index contributed by atoms with van der Waals surface area (Å²) in [6.07, 6.45) is -0.528. The third kappa shape index (κ3) is 2.96. The maximum Gasteiger partial charge on any atom is 0.335 e. The van der Waals surface area contributed by atoms with E-state index < -0.39 is 12.1 Å². The summed E-state index contributed by atoms with van der Waals surface area (Å²) in [6, 6.07) is 14.8. The molecule has 0 amide bonds. The van der Waals surface area contributed by atoms with Crippen LogP contribution in [0.4, 0.5) is 0 Å². The van der Waals surface area contributed by atoms with Crippen molar-refractivity contribution < 1.29 is 15.0 Å². The van der Waals surface area contributed by atoms with Crippen molar-refractivity contribution in [1.82, 2.24) is 4.90 Å². The van der Waals surface area contributed by atoms with Gasteiger partial charge in [0.2, 0.25) is 0 Å². The molecule has 1 atom stereocenters. The van der Waals surface area contributed by atoms with Crippen molar-refractivity contribution >= 4 is 5.97 Å². The molecule has 108 valence electrons. The summed E-state index contributed by atoms with van der Waals surface area (Å²) in [4.78, 5) is 13.1. The largest absolute Gasteiger partial charge is 0.478 e. The minimum absolute atomic E-state index is 0.319. The second kappa shape index (κ2) is 5.68. The molecule has 0 aromatic heterocycles. The van der Waals surface area contributed by atoms with Gasteiger partial charge in [0.15, 0.2) is 0 Å². The van der Waals surface area contributed by atoms with Gasteiger partial charge in [-0.15, -0.1) is 0 Å². The lowest BCUT2D eigenvalue weighted by molar-refractivity contribution is 0.0696. The SMILES string of the molecule is O=C(O)c1ccc2c(c1)CN(CC(O)c1ccccc1)C2. The van der Waals surface area contributed by atoms with Crippen LogP contribution in [0.2, 0.25) is 0 Å². The molecular weight excluding hydrogens is 266 g/mol. The fourth-order valence-electron chi connectivity index (χ4n) is 2.75. The van der Waals surface area contributed by atoms with Crippen molar-refractivity contribution in [3.05, 3.63) is 70.8 Å². The van der Waals surface area contributed by atoms with E-state index in [4.69, 9.17) is 5.11 Å². The molecule has 0 spiro atoms. The molecule has 21 heavy (non-hydrogen) atoms. The number of carboxylic acid groups (broad SMARTS) is 1. The molecule has 0 saturated heterocycles. The molecule has 4 nitrogen and oxygen atoms in total. The third-order valence-electron chi connectivity index (χ3n) is 3.86. The van der Waals surface area contributed by atoms with E-state index in [1.54, 1.807) is 12.1 Å². The van der Waals surface area contributed by atoms with Crippen LogP contribution < -0.4 is 0 Å². The van der Waals surface area contributed by atoms with Gasteiger partial charge in [-0.3, -0.25) is 4.90 Å². The Kier molecular flexibility index (Phi) is 3.73. The Morgan fingerprint density at radius 1 is 1.10 bits per heavy atom. The number of nitrogens with zero attached hydrogens (tertiary/aromatic N) is 1. The average molecular weight is 283 g/mol. The first-order valence-corrected chi connectivity index (χ1v) is 6.94. The Morgan fingerprint density at radius 3 is 2.52 bits per heavy atom. The fraction of sp³-hybridized carbons (Fsp3) is 0.235. The number of carboxylic acids is 1. The number of hydrogen-bond acceptors (Lipinski definition) is 3. The van der Waals surface area contributed by atoms with Crippen LogP contribution in [0.25, 0.3) is 0 Å². The summed E-state index contributed by atoms with van der Waals surface area (Å²) in [5, 5.41) is 19.3. The minimum atomic E-state index is -0.902. The summed E-state index contributed by atoms with van der Waals surface area (Å²) in [5.74, 6) is -0.902. The number of carbonyl (C=O) groups is 1. The second-order valence-corrected chi connectivity index (χ2v) is 5.38. The van der Waals surface area contributed by atoms with Crippen LogP contribution >= 0.6 is 0 Å². The van der Waals surface area contributed by atoms with Crippen molar-refractivity contribution in [2.45, 2.75) is 19.2 Å². The number of benzene rings is 2. The van der Waals surface area contributed by atoms with Crippen LogP contribution in [0.5, 0.6) is 0 Å². The number of rotatable bonds is 4. The molecule has 0 radical (unpaired) electrons. The Bertz CT molecular complexity index is 654. The smallest absolute Gasteiger partial charge is 0.335 e. The molecule has 0 saturated carbocycles. The quantitative estimate of drug-likeness (QED) is 0.904. The van der Waals surface area contributed by atoms with Crippen LogP contribution in [0.15, 0.2) is 48.5 Å². The molecule has 0 aliphatic carbocycles. The molecule has 2 N–H and O–H groups in total. The Balaban J connectivity index is 1.69. The molecule has 2 aromatic carbocycles. The zero-order valence-corrected chi connectivity index (χ0v) is 11.6. The van der Waals surface area contributed by atoms with Crippen LogP contribution in [-0.4, -0.2) is 27.6 Å². The monoisotopic (exact) mass is 283 g/mol. The molecule has 1 unspecified atom stereocenters. The highest BCUT2D eigenvalue weighted by molar-refractivity contribution is 5.87. The summed E-state index contributed by atoms with van der Waals surface area (Å²) < 4.78 is 0. The van der Waals surface area contributed by atoms with E-state index in [9.17, 15) is 9.90 Å². The lowest BCUT2D eigenvalue weighted by Crippen LogP contribution is -2.23. The van der Waals surface area contributed by atoms with E-state index in [1.807, 2.05) is 36.4 Å². The molecule has 3 rings (SSSR count). The van der Waals surface area contributed by atoms with Gasteiger partial charge in [-0.05, 0) is 28.8 Å². The van der Waals surface area contributed by atoms with Crippen LogP contribution in [0.1, 0.15) is 33.2 Å². The molecular formula is C17H17NO3. The molecule has 1 heterocycles. The topological polar surface area (TPSA) is 60.8 Å². The highest BCUT2D eigenvalue weighted by Crippen LogP contribution is 2.26. The molecule has 4 heteroatoms. The molecule has 0 bridgehead atoms. The van der Waals surface area contributed by atoms with E-state index in [-0.39, 0.29) is 0 Å². The van der Waals surface area contributed by atoms with Gasteiger partial charge in [0.1, 0.15) is 0 Å². The van der Waals surface area contributed by atoms with Crippen molar-refractivity contribution in [3.63, 3.8) is 0 Å². The molecule has 0 fully saturated rings. The zero-order chi connectivity index (χ0) is 14.8. The lowest BCUT2D eigenvalue weighted by atomic mass is 10.1. The average Bonchev–Trinajstić information content (AvgIpc) is 2.89. The number of aliphatic hydroxyl groups is 1. The van der Waals surface area contributed by atoms with Crippen molar-refractivity contribution in [3.8, 4) is 0 Å². The normalized spacial score (nSPS) is 15.7. The molecule has 2 aromatic rings. The van der Waals surface area contributed by atoms with E-state index in [1.165, 1.54) is 0 Å². The van der Waals surface area contributed by atoms with Crippen molar-refractivity contribution in [2.24, 2.45) is 0 Å². The summed E-state index contributed by atoms with van der Waals surface area (Å²) >= 11 is 0. The number of hydrogen-bond donors (Lipinski definition) is 2. The molecule has 1 aliphatic rings. The van der Waals surface area contributed by atoms with E-state index in [2.05, 4.69) is 4.90 Å². The van der Waals surface area contributed by atoms with E-state index in [0.29, 0.717) is 18.7 Å². The van der Waals surface area contributed by atoms with E-state index >= 15 is 0 Å². The Morgan fingerprint density at radius 2 is 1.81 bits per heavy atom. The Hall–Kier alpha value is -2.17. The van der Waals surface area contributed by atoms with Gasteiger partial charge in [-0.25, -0.2) is 4.79 Å². The maximum atomic E-state index is 11.0.